The maximum Gasteiger partial charge on any atom is 0.343 e. The Labute approximate surface area is 86.3 Å². The van der Waals surface area contributed by atoms with Crippen LogP contribution in [0.2, 0.25) is 0 Å². The fourth-order valence-electron chi connectivity index (χ4n) is 2.06. The van der Waals surface area contributed by atoms with E-state index in [1.807, 2.05) is 0 Å². The number of rotatable bonds is 1. The summed E-state index contributed by atoms with van der Waals surface area (Å²) in [6.07, 6.45) is 4.58. The first-order valence-electron chi connectivity index (χ1n) is 4.50. The van der Waals surface area contributed by atoms with E-state index in [0.29, 0.717) is 21.1 Å². The molecular formula is C9H11ClO2S. The quantitative estimate of drug-likeness (QED) is 0.736. The van der Waals surface area contributed by atoms with Crippen molar-refractivity contribution in [2.75, 3.05) is 0 Å². The molecule has 2 aliphatic rings. The summed E-state index contributed by atoms with van der Waals surface area (Å²) in [5.74, 6) is -0.532. The van der Waals surface area contributed by atoms with Crippen LogP contribution >= 0.6 is 23.4 Å². The maximum atomic E-state index is 10.8. The van der Waals surface area contributed by atoms with E-state index in [0.717, 1.165) is 12.8 Å². The molecule has 0 aromatic heterocycles. The van der Waals surface area contributed by atoms with Gasteiger partial charge in [-0.15, -0.1) is 11.8 Å². The Bertz CT molecular complexity index is 275. The molecule has 1 aliphatic heterocycles. The van der Waals surface area contributed by atoms with Crippen molar-refractivity contribution in [2.45, 2.75) is 30.9 Å². The van der Waals surface area contributed by atoms with Crippen molar-refractivity contribution in [3.8, 4) is 0 Å². The van der Waals surface area contributed by atoms with Gasteiger partial charge in [-0.05, 0) is 12.8 Å². The zero-order valence-electron chi connectivity index (χ0n) is 7.12. The van der Waals surface area contributed by atoms with E-state index in [9.17, 15) is 4.79 Å². The topological polar surface area (TPSA) is 37.3 Å². The van der Waals surface area contributed by atoms with Gasteiger partial charge in [0.25, 0.3) is 0 Å². The highest BCUT2D eigenvalue weighted by Crippen LogP contribution is 2.50. The highest BCUT2D eigenvalue weighted by atomic mass is 35.5. The van der Waals surface area contributed by atoms with Gasteiger partial charge in [0.1, 0.15) is 4.91 Å². The Morgan fingerprint density at radius 3 is 2.77 bits per heavy atom. The molecule has 72 valence electrons. The molecule has 0 bridgehead atoms. The van der Waals surface area contributed by atoms with Gasteiger partial charge in [-0.25, -0.2) is 4.79 Å². The molecule has 2 rings (SSSR count). The minimum atomic E-state index is -0.857. The van der Waals surface area contributed by atoms with Gasteiger partial charge in [0.15, 0.2) is 0 Å². The first-order valence-corrected chi connectivity index (χ1v) is 5.75. The number of carbonyl (C=O) groups is 1. The molecule has 0 spiro atoms. The SMILES string of the molecule is O=C(O)C1=C(Cl)C2CCCCC2S1. The Hall–Kier alpha value is -0.150. The highest BCUT2D eigenvalue weighted by Gasteiger charge is 2.38. The molecule has 2 atom stereocenters. The molecule has 2 nitrogen and oxygen atoms in total. The van der Waals surface area contributed by atoms with Crippen molar-refractivity contribution < 1.29 is 9.90 Å². The molecule has 4 heteroatoms. The molecule has 0 aromatic rings. The lowest BCUT2D eigenvalue weighted by atomic mass is 9.88. The minimum Gasteiger partial charge on any atom is -0.477 e. The van der Waals surface area contributed by atoms with Crippen LogP contribution < -0.4 is 0 Å². The Balaban J connectivity index is 2.21. The molecule has 1 heterocycles. The van der Waals surface area contributed by atoms with Crippen molar-refractivity contribution in [1.82, 2.24) is 0 Å². The summed E-state index contributed by atoms with van der Waals surface area (Å²) in [6, 6.07) is 0. The van der Waals surface area contributed by atoms with Crippen LogP contribution in [-0.2, 0) is 4.79 Å². The van der Waals surface area contributed by atoms with E-state index in [2.05, 4.69) is 0 Å². The Morgan fingerprint density at radius 2 is 2.15 bits per heavy atom. The number of carboxylic acid groups (broad SMARTS) is 1. The van der Waals surface area contributed by atoms with Crippen molar-refractivity contribution in [1.29, 1.82) is 0 Å². The van der Waals surface area contributed by atoms with Crippen LogP contribution in [0, 0.1) is 5.92 Å². The summed E-state index contributed by atoms with van der Waals surface area (Å²) in [5.41, 5.74) is 0. The summed E-state index contributed by atoms with van der Waals surface area (Å²) < 4.78 is 0. The molecule has 1 N–H and O–H groups in total. The molecule has 0 saturated heterocycles. The van der Waals surface area contributed by atoms with Crippen molar-refractivity contribution in [3.63, 3.8) is 0 Å². The molecule has 0 aromatic carbocycles. The number of aliphatic carboxylic acids is 1. The number of carboxylic acids is 1. The number of hydrogen-bond donors (Lipinski definition) is 1. The molecule has 0 amide bonds. The number of hydrogen-bond acceptors (Lipinski definition) is 2. The zero-order chi connectivity index (χ0) is 9.42. The third-order valence-electron chi connectivity index (χ3n) is 2.71. The smallest absolute Gasteiger partial charge is 0.343 e. The molecular weight excluding hydrogens is 208 g/mol. The van der Waals surface area contributed by atoms with Crippen molar-refractivity contribution >= 4 is 29.3 Å². The van der Waals surface area contributed by atoms with Crippen LogP contribution in [0.4, 0.5) is 0 Å². The van der Waals surface area contributed by atoms with E-state index >= 15 is 0 Å². The van der Waals surface area contributed by atoms with Gasteiger partial charge in [0.05, 0.1) is 0 Å². The normalized spacial score (nSPS) is 33.3. The Morgan fingerprint density at radius 1 is 1.46 bits per heavy atom. The number of halogens is 1. The number of fused-ring (bicyclic) bond motifs is 1. The van der Waals surface area contributed by atoms with Crippen molar-refractivity contribution in [2.24, 2.45) is 5.92 Å². The van der Waals surface area contributed by atoms with E-state index < -0.39 is 5.97 Å². The summed E-state index contributed by atoms with van der Waals surface area (Å²) in [4.78, 5) is 11.2. The molecule has 1 aliphatic carbocycles. The second-order valence-corrected chi connectivity index (χ2v) is 5.19. The number of allylic oxidation sites excluding steroid dienone is 1. The average molecular weight is 219 g/mol. The summed E-state index contributed by atoms with van der Waals surface area (Å²) in [6.45, 7) is 0. The predicted octanol–water partition coefficient (Wildman–Crippen LogP) is 2.83. The summed E-state index contributed by atoms with van der Waals surface area (Å²) >= 11 is 7.48. The van der Waals surface area contributed by atoms with E-state index in [1.165, 1.54) is 24.6 Å². The largest absolute Gasteiger partial charge is 0.477 e. The maximum absolute atomic E-state index is 10.8. The van der Waals surface area contributed by atoms with Gasteiger partial charge >= 0.3 is 5.97 Å². The lowest BCUT2D eigenvalue weighted by Crippen LogP contribution is -2.17. The Kier molecular flexibility index (Phi) is 2.56. The molecule has 2 unspecified atom stereocenters. The lowest BCUT2D eigenvalue weighted by Gasteiger charge is -2.24. The molecule has 13 heavy (non-hydrogen) atoms. The molecule has 1 saturated carbocycles. The summed E-state index contributed by atoms with van der Waals surface area (Å²) in [7, 11) is 0. The predicted molar refractivity (Wildman–Crippen MR) is 53.9 cm³/mol. The van der Waals surface area contributed by atoms with E-state index in [-0.39, 0.29) is 0 Å². The first-order chi connectivity index (χ1) is 6.20. The van der Waals surface area contributed by atoms with Gasteiger partial charge in [-0.2, -0.15) is 0 Å². The van der Waals surface area contributed by atoms with Crippen LogP contribution in [-0.4, -0.2) is 16.3 Å². The van der Waals surface area contributed by atoms with Crippen LogP contribution in [0.3, 0.4) is 0 Å². The lowest BCUT2D eigenvalue weighted by molar-refractivity contribution is -0.131. The second kappa shape index (κ2) is 3.54. The molecule has 1 fully saturated rings. The second-order valence-electron chi connectivity index (χ2n) is 3.53. The van der Waals surface area contributed by atoms with E-state index in [4.69, 9.17) is 16.7 Å². The third kappa shape index (κ3) is 1.59. The average Bonchev–Trinajstić information content (AvgIpc) is 2.45. The van der Waals surface area contributed by atoms with Gasteiger partial charge in [0.2, 0.25) is 0 Å². The fourth-order valence-corrected chi connectivity index (χ4v) is 4.00. The standard InChI is InChI=1S/C9H11ClO2S/c10-7-5-3-1-2-4-6(5)13-8(7)9(11)12/h5-6H,1-4H2,(H,11,12). The minimum absolute atomic E-state index is 0.325. The van der Waals surface area contributed by atoms with Crippen LogP contribution in [0.25, 0.3) is 0 Å². The third-order valence-corrected chi connectivity index (χ3v) is 4.79. The van der Waals surface area contributed by atoms with E-state index in [1.54, 1.807) is 0 Å². The van der Waals surface area contributed by atoms with Crippen LogP contribution in [0.15, 0.2) is 9.94 Å². The van der Waals surface area contributed by atoms with Crippen LogP contribution in [0.1, 0.15) is 25.7 Å². The summed E-state index contributed by atoms with van der Waals surface area (Å²) in [5, 5.41) is 9.90. The van der Waals surface area contributed by atoms with Gasteiger partial charge in [-0.1, -0.05) is 24.4 Å². The highest BCUT2D eigenvalue weighted by molar-refractivity contribution is 8.04. The monoisotopic (exact) mass is 218 g/mol. The number of thioether (sulfide) groups is 1. The van der Waals surface area contributed by atoms with Gasteiger partial charge in [0, 0.05) is 16.2 Å². The van der Waals surface area contributed by atoms with Gasteiger partial charge < -0.3 is 5.11 Å². The van der Waals surface area contributed by atoms with Crippen molar-refractivity contribution in [3.05, 3.63) is 9.94 Å². The first kappa shape index (κ1) is 9.41. The fraction of sp³-hybridized carbons (Fsp3) is 0.667. The molecule has 0 radical (unpaired) electrons. The zero-order valence-corrected chi connectivity index (χ0v) is 8.70. The van der Waals surface area contributed by atoms with Gasteiger partial charge in [-0.3, -0.25) is 0 Å². The van der Waals surface area contributed by atoms with Crippen LogP contribution in [0.5, 0.6) is 0 Å².